The van der Waals surface area contributed by atoms with Crippen molar-refractivity contribution in [2.24, 2.45) is 0 Å². The smallest absolute Gasteiger partial charge is 0.408 e. The normalized spacial score (nSPS) is 11.2. The van der Waals surface area contributed by atoms with E-state index in [-0.39, 0.29) is 22.7 Å². The summed E-state index contributed by atoms with van der Waals surface area (Å²) in [7, 11) is -4.60. The summed E-state index contributed by atoms with van der Waals surface area (Å²) < 4.78 is 41.5. The van der Waals surface area contributed by atoms with Gasteiger partial charge in [-0.2, -0.15) is 0 Å². The third-order valence-corrected chi connectivity index (χ3v) is 14.2. The van der Waals surface area contributed by atoms with Gasteiger partial charge in [-0.05, 0) is 70.1 Å². The van der Waals surface area contributed by atoms with Crippen LogP contribution < -0.4 is 27.1 Å². The van der Waals surface area contributed by atoms with Crippen LogP contribution in [0, 0.1) is 0 Å². The first-order valence-corrected chi connectivity index (χ1v) is 26.5. The maximum absolute atomic E-state index is 15.6. The molecule has 10 aromatic rings. The van der Waals surface area contributed by atoms with Crippen LogP contribution in [-0.2, 0) is 5.41 Å². The SMILES string of the molecule is CC(C)(C)c1cccc(C(=O)c2ccccc2OP(Oc2ccccc2-c2ccccc2)Oc2ccccc2-c2ccccc2)c1OP(Oc1ccccc1-c1ccccc1)Oc1ccccc1-c1ccccc1. The van der Waals surface area contributed by atoms with E-state index in [0.717, 1.165) is 50.1 Å². The molecule has 74 heavy (non-hydrogen) atoms. The number of hydrogen-bond acceptors (Lipinski definition) is 7. The lowest BCUT2D eigenvalue weighted by Gasteiger charge is -2.27. The first-order chi connectivity index (χ1) is 36.3. The topological polar surface area (TPSA) is 72.5 Å². The first kappa shape index (κ1) is 49.1. The van der Waals surface area contributed by atoms with Crippen LogP contribution in [0.15, 0.2) is 261 Å². The zero-order valence-corrected chi connectivity index (χ0v) is 42.9. The molecule has 0 aromatic heterocycles. The zero-order chi connectivity index (χ0) is 50.7. The molecule has 10 rings (SSSR count). The zero-order valence-electron chi connectivity index (χ0n) is 41.1. The van der Waals surface area contributed by atoms with E-state index in [1.54, 1.807) is 18.2 Å². The van der Waals surface area contributed by atoms with Crippen molar-refractivity contribution >= 4 is 23.0 Å². The van der Waals surface area contributed by atoms with E-state index in [4.69, 9.17) is 27.1 Å². The molecule has 0 amide bonds. The Bertz CT molecular complexity index is 3310. The van der Waals surface area contributed by atoms with Crippen molar-refractivity contribution in [3.8, 4) is 79.0 Å². The van der Waals surface area contributed by atoms with Gasteiger partial charge in [-0.1, -0.05) is 239 Å². The Balaban J connectivity index is 1.05. The maximum Gasteiger partial charge on any atom is 0.530 e. The lowest BCUT2D eigenvalue weighted by atomic mass is 9.84. The number of carbonyl (C=O) groups excluding carboxylic acids is 1. The Morgan fingerprint density at radius 1 is 0.297 bits per heavy atom. The fourth-order valence-electron chi connectivity index (χ4n) is 8.48. The third-order valence-electron chi connectivity index (χ3n) is 12.1. The van der Waals surface area contributed by atoms with Crippen molar-refractivity contribution < 1.29 is 31.9 Å². The van der Waals surface area contributed by atoms with Crippen LogP contribution in [0.2, 0.25) is 0 Å². The van der Waals surface area contributed by atoms with E-state index >= 15 is 4.79 Å². The van der Waals surface area contributed by atoms with E-state index < -0.39 is 22.6 Å². The molecule has 0 unspecified atom stereocenters. The Labute approximate surface area is 435 Å². The van der Waals surface area contributed by atoms with Crippen LogP contribution in [0.3, 0.4) is 0 Å². The van der Waals surface area contributed by atoms with Crippen molar-refractivity contribution in [2.45, 2.75) is 26.2 Å². The minimum atomic E-state index is -2.32. The molecule has 0 spiro atoms. The molecule has 0 aliphatic heterocycles. The summed E-state index contributed by atoms with van der Waals surface area (Å²) in [5.74, 6) is 2.44. The molecule has 0 fully saturated rings. The number of carbonyl (C=O) groups is 1. The summed E-state index contributed by atoms with van der Waals surface area (Å²) in [5.41, 5.74) is 8.11. The van der Waals surface area contributed by atoms with E-state index in [0.29, 0.717) is 28.7 Å². The lowest BCUT2D eigenvalue weighted by Crippen LogP contribution is -2.17. The van der Waals surface area contributed by atoms with Crippen molar-refractivity contribution in [1.29, 1.82) is 0 Å². The summed E-state index contributed by atoms with van der Waals surface area (Å²) in [6, 6.07) is 84.0. The van der Waals surface area contributed by atoms with Crippen molar-refractivity contribution in [2.75, 3.05) is 0 Å². The summed E-state index contributed by atoms with van der Waals surface area (Å²) in [6.45, 7) is 6.26. The highest BCUT2D eigenvalue weighted by molar-refractivity contribution is 7.43. The van der Waals surface area contributed by atoms with E-state index in [1.807, 2.05) is 243 Å². The second kappa shape index (κ2) is 22.9. The summed E-state index contributed by atoms with van der Waals surface area (Å²) in [4.78, 5) is 15.6. The van der Waals surface area contributed by atoms with Gasteiger partial charge in [0.1, 0.15) is 34.5 Å². The largest absolute Gasteiger partial charge is 0.530 e. The molecule has 0 radical (unpaired) electrons. The molecule has 0 saturated carbocycles. The van der Waals surface area contributed by atoms with Crippen molar-refractivity contribution in [3.05, 3.63) is 278 Å². The molecule has 0 saturated heterocycles. The molecule has 9 heteroatoms. The minimum absolute atomic E-state index is 0.258. The van der Waals surface area contributed by atoms with Gasteiger partial charge >= 0.3 is 17.2 Å². The highest BCUT2D eigenvalue weighted by Crippen LogP contribution is 2.52. The van der Waals surface area contributed by atoms with Gasteiger partial charge in [0, 0.05) is 27.8 Å². The fraction of sp³-hybridized carbons (Fsp3) is 0.0615. The molecule has 0 N–H and O–H groups in total. The summed E-state index contributed by atoms with van der Waals surface area (Å²) >= 11 is 0. The van der Waals surface area contributed by atoms with E-state index in [9.17, 15) is 0 Å². The molecule has 7 nitrogen and oxygen atoms in total. The third kappa shape index (κ3) is 11.6. The predicted octanol–water partition coefficient (Wildman–Crippen LogP) is 18.4. The molecule has 0 aliphatic rings. The van der Waals surface area contributed by atoms with Gasteiger partial charge < -0.3 is 27.1 Å². The second-order valence-corrected chi connectivity index (χ2v) is 20.2. The number of benzene rings is 10. The van der Waals surface area contributed by atoms with Crippen molar-refractivity contribution in [3.63, 3.8) is 0 Å². The summed E-state index contributed by atoms with van der Waals surface area (Å²) in [6.07, 6.45) is 0. The van der Waals surface area contributed by atoms with Crippen LogP contribution in [0.1, 0.15) is 42.3 Å². The molecule has 10 aromatic carbocycles. The molecule has 364 valence electrons. The average molecular weight is 1010 g/mol. The highest BCUT2D eigenvalue weighted by atomic mass is 31.2. The van der Waals surface area contributed by atoms with Crippen LogP contribution in [0.4, 0.5) is 0 Å². The number of hydrogen-bond donors (Lipinski definition) is 0. The standard InChI is InChI=1S/C65H52O7P2/c1-65(2,3)57-41-26-40-56(64(57)72-74(69-60-44-23-18-37-53(60)49-31-12-6-13-32-49)70-61-45-24-19-38-54(61)50-33-14-7-15-34-50)63(66)55-39-20-25-46-62(55)71-73(67-58-42-21-16-35-51(58)47-27-8-4-9-28-47)68-59-43-22-17-36-52(59)48-29-10-5-11-30-48/h4-46H,1-3H3. The molecule has 0 atom stereocenters. The van der Waals surface area contributed by atoms with Gasteiger partial charge in [-0.25, -0.2) is 0 Å². The highest BCUT2D eigenvalue weighted by Gasteiger charge is 2.33. The quantitative estimate of drug-likeness (QED) is 0.0626. The minimum Gasteiger partial charge on any atom is -0.408 e. The fourth-order valence-corrected chi connectivity index (χ4v) is 10.6. The lowest BCUT2D eigenvalue weighted by molar-refractivity contribution is 0.103. The Hall–Kier alpha value is -8.47. The van der Waals surface area contributed by atoms with Crippen LogP contribution >= 0.6 is 17.2 Å². The summed E-state index contributed by atoms with van der Waals surface area (Å²) in [5, 5.41) is 0. The Kier molecular flexibility index (Phi) is 15.2. The van der Waals surface area contributed by atoms with Gasteiger partial charge in [0.25, 0.3) is 0 Å². The molecular formula is C65H52O7P2. The van der Waals surface area contributed by atoms with Gasteiger partial charge in [0.2, 0.25) is 5.78 Å². The van der Waals surface area contributed by atoms with Crippen molar-refractivity contribution in [1.82, 2.24) is 0 Å². The molecule has 0 bridgehead atoms. The van der Waals surface area contributed by atoms with Crippen LogP contribution in [-0.4, -0.2) is 5.78 Å². The number of ketones is 1. The number of para-hydroxylation sites is 6. The van der Waals surface area contributed by atoms with Crippen LogP contribution in [0.5, 0.6) is 34.5 Å². The monoisotopic (exact) mass is 1010 g/mol. The van der Waals surface area contributed by atoms with E-state index in [1.165, 1.54) is 0 Å². The number of rotatable bonds is 18. The van der Waals surface area contributed by atoms with Gasteiger partial charge in [0.05, 0.1) is 11.1 Å². The van der Waals surface area contributed by atoms with E-state index in [2.05, 4.69) is 20.8 Å². The predicted molar refractivity (Wildman–Crippen MR) is 300 cm³/mol. The Morgan fingerprint density at radius 2 is 0.581 bits per heavy atom. The maximum atomic E-state index is 15.6. The average Bonchev–Trinajstić information content (AvgIpc) is 3.44. The van der Waals surface area contributed by atoms with Crippen LogP contribution in [0.25, 0.3) is 44.5 Å². The van der Waals surface area contributed by atoms with Gasteiger partial charge in [-0.15, -0.1) is 0 Å². The first-order valence-electron chi connectivity index (χ1n) is 24.3. The molecule has 0 heterocycles. The van der Waals surface area contributed by atoms with Gasteiger partial charge in [-0.3, -0.25) is 4.79 Å². The second-order valence-electron chi connectivity index (χ2n) is 18.2. The Morgan fingerprint density at radius 3 is 0.946 bits per heavy atom. The van der Waals surface area contributed by atoms with Gasteiger partial charge in [0.15, 0.2) is 0 Å². The molecular weight excluding hydrogens is 955 g/mol. The molecule has 0 aliphatic carbocycles.